The average molecular weight is 400 g/mol. The minimum atomic E-state index is -0.594. The summed E-state index contributed by atoms with van der Waals surface area (Å²) < 4.78 is 16.9. The van der Waals surface area contributed by atoms with Crippen molar-refractivity contribution < 1.29 is 23.8 Å². The number of halogens is 1. The topological polar surface area (TPSA) is 65.1 Å². The molecule has 6 nitrogen and oxygen atoms in total. The molecule has 0 unspecified atom stereocenters. The van der Waals surface area contributed by atoms with E-state index in [9.17, 15) is 9.59 Å². The summed E-state index contributed by atoms with van der Waals surface area (Å²) in [6.07, 6.45) is -0.0464. The molecule has 1 aromatic carbocycles. The Hall–Kier alpha value is -1.76. The van der Waals surface area contributed by atoms with Gasteiger partial charge in [0.05, 0.1) is 19.3 Å². The van der Waals surface area contributed by atoms with Gasteiger partial charge in [0.2, 0.25) is 0 Å². The van der Waals surface area contributed by atoms with Crippen LogP contribution in [0, 0.1) is 0 Å². The molecule has 1 heterocycles. The van der Waals surface area contributed by atoms with Crippen LogP contribution in [-0.4, -0.2) is 37.4 Å². The summed E-state index contributed by atoms with van der Waals surface area (Å²) in [4.78, 5) is 25.5. The molecule has 0 aromatic heterocycles. The van der Waals surface area contributed by atoms with Crippen LogP contribution in [0.1, 0.15) is 33.6 Å². The van der Waals surface area contributed by atoms with E-state index < -0.39 is 11.7 Å². The second kappa shape index (κ2) is 7.42. The van der Waals surface area contributed by atoms with E-state index >= 15 is 0 Å². The summed E-state index contributed by atoms with van der Waals surface area (Å²) in [6.45, 7) is 5.78. The predicted molar refractivity (Wildman–Crippen MR) is 93.4 cm³/mol. The highest BCUT2D eigenvalue weighted by molar-refractivity contribution is 9.10. The second-order valence-electron chi connectivity index (χ2n) is 6.56. The molecule has 1 aliphatic heterocycles. The van der Waals surface area contributed by atoms with Gasteiger partial charge in [0.15, 0.2) is 0 Å². The summed E-state index contributed by atoms with van der Waals surface area (Å²) in [5.41, 5.74) is 0.0521. The number of nitrogens with zero attached hydrogens (tertiary/aromatic N) is 1. The Balaban J connectivity index is 2.22. The first kappa shape index (κ1) is 18.6. The Morgan fingerprint density at radius 3 is 2.71 bits per heavy atom. The van der Waals surface area contributed by atoms with Crippen LogP contribution in [-0.2, 0) is 14.3 Å². The fourth-order valence-corrected chi connectivity index (χ4v) is 2.69. The summed E-state index contributed by atoms with van der Waals surface area (Å²) >= 11 is 3.41. The van der Waals surface area contributed by atoms with Gasteiger partial charge in [-0.1, -0.05) is 15.9 Å². The molecule has 1 aliphatic rings. The van der Waals surface area contributed by atoms with Crippen LogP contribution in [0.25, 0.3) is 0 Å². The van der Waals surface area contributed by atoms with Gasteiger partial charge in [-0.15, -0.1) is 0 Å². The zero-order chi connectivity index (χ0) is 17.9. The molecule has 0 spiro atoms. The minimum absolute atomic E-state index is 0.231. The Labute approximate surface area is 150 Å². The largest absolute Gasteiger partial charge is 0.486 e. The summed E-state index contributed by atoms with van der Waals surface area (Å²) in [5.74, 6) is 0.286. The lowest BCUT2D eigenvalue weighted by atomic mass is 10.1. The van der Waals surface area contributed by atoms with Crippen molar-refractivity contribution in [3.8, 4) is 5.75 Å². The number of hydrogen-bond acceptors (Lipinski definition) is 5. The van der Waals surface area contributed by atoms with Gasteiger partial charge in [-0.25, -0.2) is 4.79 Å². The first-order valence-electron chi connectivity index (χ1n) is 7.73. The molecule has 1 amide bonds. The number of anilines is 1. The van der Waals surface area contributed by atoms with Crippen molar-refractivity contribution in [1.29, 1.82) is 0 Å². The highest BCUT2D eigenvalue weighted by Crippen LogP contribution is 2.37. The van der Waals surface area contributed by atoms with Crippen LogP contribution in [0.5, 0.6) is 5.75 Å². The average Bonchev–Trinajstić information content (AvgIpc) is 2.50. The smallest absolute Gasteiger partial charge is 0.415 e. The van der Waals surface area contributed by atoms with Gasteiger partial charge in [0.25, 0.3) is 0 Å². The molecule has 0 N–H and O–H groups in total. The van der Waals surface area contributed by atoms with Crippen molar-refractivity contribution >= 4 is 33.7 Å². The monoisotopic (exact) mass is 399 g/mol. The SMILES string of the molecule is COC(=O)CC[C@H]1CN(C(=O)OC(C)(C)C)c2cc(Br)ccc2O1. The molecule has 0 fully saturated rings. The van der Waals surface area contributed by atoms with E-state index in [1.807, 2.05) is 32.9 Å². The zero-order valence-electron chi connectivity index (χ0n) is 14.3. The molecule has 2 rings (SSSR count). The lowest BCUT2D eigenvalue weighted by Gasteiger charge is -2.35. The third-order valence-electron chi connectivity index (χ3n) is 3.40. The summed E-state index contributed by atoms with van der Waals surface area (Å²) in [5, 5.41) is 0. The normalized spacial score (nSPS) is 16.9. The van der Waals surface area contributed by atoms with Crippen LogP contribution >= 0.6 is 15.9 Å². The number of ether oxygens (including phenoxy) is 3. The third-order valence-corrected chi connectivity index (χ3v) is 3.90. The van der Waals surface area contributed by atoms with E-state index in [2.05, 4.69) is 20.7 Å². The predicted octanol–water partition coefficient (Wildman–Crippen LogP) is 3.90. The van der Waals surface area contributed by atoms with Gasteiger partial charge in [0.1, 0.15) is 17.5 Å². The summed E-state index contributed by atoms with van der Waals surface area (Å²) in [6, 6.07) is 5.45. The molecule has 0 saturated heterocycles. The van der Waals surface area contributed by atoms with Crippen LogP contribution in [0.15, 0.2) is 22.7 Å². The van der Waals surface area contributed by atoms with Crippen LogP contribution in [0.4, 0.5) is 10.5 Å². The van der Waals surface area contributed by atoms with Gasteiger partial charge in [-0.05, 0) is 45.4 Å². The molecular formula is C17H22BrNO5. The van der Waals surface area contributed by atoms with Crippen molar-refractivity contribution in [2.45, 2.75) is 45.3 Å². The van der Waals surface area contributed by atoms with Gasteiger partial charge in [-0.3, -0.25) is 9.69 Å². The quantitative estimate of drug-likeness (QED) is 0.720. The van der Waals surface area contributed by atoms with E-state index in [4.69, 9.17) is 9.47 Å². The van der Waals surface area contributed by atoms with Crippen LogP contribution < -0.4 is 9.64 Å². The molecule has 1 aromatic rings. The second-order valence-corrected chi connectivity index (χ2v) is 7.47. The maximum absolute atomic E-state index is 12.6. The lowest BCUT2D eigenvalue weighted by Crippen LogP contribution is -2.46. The molecule has 132 valence electrons. The van der Waals surface area contributed by atoms with Crippen molar-refractivity contribution in [2.75, 3.05) is 18.6 Å². The van der Waals surface area contributed by atoms with E-state index in [1.165, 1.54) is 7.11 Å². The molecule has 7 heteroatoms. The van der Waals surface area contributed by atoms with Crippen LogP contribution in [0.3, 0.4) is 0 Å². The molecule has 0 radical (unpaired) electrons. The molecule has 0 bridgehead atoms. The molecule has 0 aliphatic carbocycles. The molecule has 24 heavy (non-hydrogen) atoms. The van der Waals surface area contributed by atoms with Crippen molar-refractivity contribution in [3.05, 3.63) is 22.7 Å². The van der Waals surface area contributed by atoms with Crippen molar-refractivity contribution in [1.82, 2.24) is 0 Å². The first-order valence-corrected chi connectivity index (χ1v) is 8.52. The number of benzene rings is 1. The highest BCUT2D eigenvalue weighted by Gasteiger charge is 2.33. The maximum Gasteiger partial charge on any atom is 0.415 e. The van der Waals surface area contributed by atoms with Crippen molar-refractivity contribution in [3.63, 3.8) is 0 Å². The Morgan fingerprint density at radius 2 is 2.08 bits per heavy atom. The Kier molecular flexibility index (Phi) is 5.74. The molecule has 1 atom stereocenters. The summed E-state index contributed by atoms with van der Waals surface area (Å²) in [7, 11) is 1.35. The van der Waals surface area contributed by atoms with E-state index in [-0.39, 0.29) is 18.5 Å². The zero-order valence-corrected chi connectivity index (χ0v) is 15.9. The number of amides is 1. The standard InChI is InChI=1S/C17H22BrNO5/c1-17(2,3)24-16(21)19-10-12(6-8-15(20)22-4)23-14-7-5-11(18)9-13(14)19/h5,7,9,12H,6,8,10H2,1-4H3/t12-/m0/s1. The number of rotatable bonds is 3. The van der Waals surface area contributed by atoms with E-state index in [0.29, 0.717) is 24.4 Å². The van der Waals surface area contributed by atoms with E-state index in [0.717, 1.165) is 4.47 Å². The highest BCUT2D eigenvalue weighted by atomic mass is 79.9. The minimum Gasteiger partial charge on any atom is -0.486 e. The maximum atomic E-state index is 12.6. The fourth-order valence-electron chi connectivity index (χ4n) is 2.34. The van der Waals surface area contributed by atoms with Crippen molar-refractivity contribution in [2.24, 2.45) is 0 Å². The van der Waals surface area contributed by atoms with Gasteiger partial charge < -0.3 is 14.2 Å². The fraction of sp³-hybridized carbons (Fsp3) is 0.529. The first-order chi connectivity index (χ1) is 11.2. The molecule has 0 saturated carbocycles. The third kappa shape index (κ3) is 4.87. The number of carbonyl (C=O) groups excluding carboxylic acids is 2. The number of carbonyl (C=O) groups is 2. The molecular weight excluding hydrogens is 378 g/mol. The lowest BCUT2D eigenvalue weighted by molar-refractivity contribution is -0.141. The number of methoxy groups -OCH3 is 1. The number of esters is 1. The van der Waals surface area contributed by atoms with Crippen LogP contribution in [0.2, 0.25) is 0 Å². The Morgan fingerprint density at radius 1 is 1.38 bits per heavy atom. The number of hydrogen-bond donors (Lipinski definition) is 0. The van der Waals surface area contributed by atoms with Gasteiger partial charge in [0, 0.05) is 10.9 Å². The van der Waals surface area contributed by atoms with E-state index in [1.54, 1.807) is 11.0 Å². The number of fused-ring (bicyclic) bond motifs is 1. The van der Waals surface area contributed by atoms with Gasteiger partial charge in [-0.2, -0.15) is 0 Å². The Bertz CT molecular complexity index is 626. The van der Waals surface area contributed by atoms with Gasteiger partial charge >= 0.3 is 12.1 Å².